The summed E-state index contributed by atoms with van der Waals surface area (Å²) in [4.78, 5) is 0. The van der Waals surface area contributed by atoms with Crippen LogP contribution >= 0.6 is 0 Å². The molecule has 0 bridgehead atoms. The SMILES string of the molecule is CCCCCCCCCCCCC=CCCNC. The standard InChI is InChI=1S/C17H35N/c1-3-4-5-6-7-8-9-10-11-12-13-14-15-16-17-18-2/h14-15,18H,3-13,16-17H2,1-2H3. The molecule has 0 aromatic rings. The predicted octanol–water partition coefficient (Wildman–Crippen LogP) is 5.46. The van der Waals surface area contributed by atoms with Gasteiger partial charge in [0.15, 0.2) is 0 Å². The van der Waals surface area contributed by atoms with Crippen LogP contribution in [0.5, 0.6) is 0 Å². The van der Waals surface area contributed by atoms with E-state index in [4.69, 9.17) is 0 Å². The second kappa shape index (κ2) is 16.7. The number of unbranched alkanes of at least 4 members (excludes halogenated alkanes) is 10. The maximum atomic E-state index is 3.16. The Balaban J connectivity index is 2.96. The number of allylic oxidation sites excluding steroid dienone is 1. The largest absolute Gasteiger partial charge is 0.319 e. The van der Waals surface area contributed by atoms with Gasteiger partial charge in [-0.05, 0) is 32.9 Å². The molecule has 0 aliphatic rings. The first-order chi connectivity index (χ1) is 8.91. The van der Waals surface area contributed by atoms with Crippen molar-refractivity contribution in [3.8, 4) is 0 Å². The van der Waals surface area contributed by atoms with Gasteiger partial charge in [0.2, 0.25) is 0 Å². The topological polar surface area (TPSA) is 12.0 Å². The number of hydrogen-bond donors (Lipinski definition) is 1. The summed E-state index contributed by atoms with van der Waals surface area (Å²) < 4.78 is 0. The predicted molar refractivity (Wildman–Crippen MR) is 84.1 cm³/mol. The molecule has 0 spiro atoms. The average molecular weight is 253 g/mol. The number of hydrogen-bond acceptors (Lipinski definition) is 1. The molecule has 0 rings (SSSR count). The number of rotatable bonds is 14. The third kappa shape index (κ3) is 15.7. The molecule has 1 heteroatoms. The summed E-state index contributed by atoms with van der Waals surface area (Å²) in [5.41, 5.74) is 0. The summed E-state index contributed by atoms with van der Waals surface area (Å²) in [5, 5.41) is 3.16. The zero-order valence-corrected chi connectivity index (χ0v) is 12.8. The highest BCUT2D eigenvalue weighted by Gasteiger charge is 1.91. The molecule has 1 N–H and O–H groups in total. The van der Waals surface area contributed by atoms with Crippen LogP contribution in [-0.2, 0) is 0 Å². The molecule has 0 aliphatic heterocycles. The third-order valence-corrected chi connectivity index (χ3v) is 3.45. The smallest absolute Gasteiger partial charge is 0.00173 e. The van der Waals surface area contributed by atoms with Crippen LogP contribution in [0.25, 0.3) is 0 Å². The molecular formula is C17H35N. The Morgan fingerprint density at radius 2 is 1.17 bits per heavy atom. The molecule has 0 radical (unpaired) electrons. The van der Waals surface area contributed by atoms with Crippen LogP contribution in [0, 0.1) is 0 Å². The van der Waals surface area contributed by atoms with Crippen molar-refractivity contribution in [1.29, 1.82) is 0 Å². The lowest BCUT2D eigenvalue weighted by Crippen LogP contribution is -2.05. The van der Waals surface area contributed by atoms with Crippen LogP contribution in [0.15, 0.2) is 12.2 Å². The molecule has 0 atom stereocenters. The van der Waals surface area contributed by atoms with Crippen molar-refractivity contribution >= 4 is 0 Å². The van der Waals surface area contributed by atoms with Gasteiger partial charge in [0.05, 0.1) is 0 Å². The second-order valence-electron chi connectivity index (χ2n) is 5.33. The Bertz CT molecular complexity index is 163. The van der Waals surface area contributed by atoms with Gasteiger partial charge in [-0.15, -0.1) is 0 Å². The van der Waals surface area contributed by atoms with Crippen molar-refractivity contribution in [2.45, 2.75) is 84.0 Å². The minimum atomic E-state index is 1.11. The van der Waals surface area contributed by atoms with Gasteiger partial charge in [0, 0.05) is 0 Å². The summed E-state index contributed by atoms with van der Waals surface area (Å²) in [7, 11) is 2.01. The maximum absolute atomic E-state index is 3.16. The summed E-state index contributed by atoms with van der Waals surface area (Å²) in [6.45, 7) is 3.39. The highest BCUT2D eigenvalue weighted by Crippen LogP contribution is 2.11. The van der Waals surface area contributed by atoms with E-state index in [1.165, 1.54) is 77.0 Å². The fraction of sp³-hybridized carbons (Fsp3) is 0.882. The van der Waals surface area contributed by atoms with E-state index in [1.54, 1.807) is 0 Å². The van der Waals surface area contributed by atoms with Crippen LogP contribution in [0.2, 0.25) is 0 Å². The fourth-order valence-electron chi connectivity index (χ4n) is 2.21. The lowest BCUT2D eigenvalue weighted by atomic mass is 10.1. The van der Waals surface area contributed by atoms with Crippen molar-refractivity contribution in [1.82, 2.24) is 5.32 Å². The lowest BCUT2D eigenvalue weighted by Gasteiger charge is -2.01. The highest BCUT2D eigenvalue weighted by atomic mass is 14.8. The highest BCUT2D eigenvalue weighted by molar-refractivity contribution is 4.81. The Kier molecular flexibility index (Phi) is 16.4. The molecule has 0 fully saturated rings. The Morgan fingerprint density at radius 3 is 1.72 bits per heavy atom. The maximum Gasteiger partial charge on any atom is -0.00173 e. The molecule has 0 aromatic carbocycles. The van der Waals surface area contributed by atoms with Gasteiger partial charge in [-0.3, -0.25) is 0 Å². The van der Waals surface area contributed by atoms with Gasteiger partial charge in [-0.25, -0.2) is 0 Å². The average Bonchev–Trinajstić information content (AvgIpc) is 2.39. The van der Waals surface area contributed by atoms with E-state index in [0.29, 0.717) is 0 Å². The van der Waals surface area contributed by atoms with E-state index >= 15 is 0 Å². The molecule has 0 aliphatic carbocycles. The molecule has 0 aromatic heterocycles. The first kappa shape index (κ1) is 17.7. The van der Waals surface area contributed by atoms with Gasteiger partial charge < -0.3 is 5.32 Å². The van der Waals surface area contributed by atoms with E-state index in [1.807, 2.05) is 7.05 Å². The molecule has 0 amide bonds. The molecule has 0 heterocycles. The van der Waals surface area contributed by atoms with Gasteiger partial charge in [-0.2, -0.15) is 0 Å². The zero-order valence-electron chi connectivity index (χ0n) is 12.8. The third-order valence-electron chi connectivity index (χ3n) is 3.45. The molecule has 0 saturated carbocycles. The minimum Gasteiger partial charge on any atom is -0.319 e. The summed E-state index contributed by atoms with van der Waals surface area (Å²) in [6.07, 6.45) is 21.4. The van der Waals surface area contributed by atoms with E-state index in [0.717, 1.165) is 6.54 Å². The zero-order chi connectivity index (χ0) is 13.3. The van der Waals surface area contributed by atoms with Crippen LogP contribution in [0.1, 0.15) is 84.0 Å². The van der Waals surface area contributed by atoms with Crippen LogP contribution in [-0.4, -0.2) is 13.6 Å². The van der Waals surface area contributed by atoms with Crippen molar-refractivity contribution in [2.75, 3.05) is 13.6 Å². The molecule has 0 unspecified atom stereocenters. The quantitative estimate of drug-likeness (QED) is 0.320. The van der Waals surface area contributed by atoms with E-state index in [-0.39, 0.29) is 0 Å². The van der Waals surface area contributed by atoms with Crippen LogP contribution in [0.4, 0.5) is 0 Å². The lowest BCUT2D eigenvalue weighted by molar-refractivity contribution is 0.557. The van der Waals surface area contributed by atoms with Gasteiger partial charge in [0.1, 0.15) is 0 Å². The van der Waals surface area contributed by atoms with E-state index in [2.05, 4.69) is 24.4 Å². The molecule has 18 heavy (non-hydrogen) atoms. The molecule has 108 valence electrons. The normalized spacial score (nSPS) is 11.4. The van der Waals surface area contributed by atoms with E-state index in [9.17, 15) is 0 Å². The van der Waals surface area contributed by atoms with Gasteiger partial charge in [0.25, 0.3) is 0 Å². The first-order valence-electron chi connectivity index (χ1n) is 8.21. The van der Waals surface area contributed by atoms with E-state index < -0.39 is 0 Å². The molecular weight excluding hydrogens is 218 g/mol. The Labute approximate surface area is 115 Å². The van der Waals surface area contributed by atoms with Crippen molar-refractivity contribution < 1.29 is 0 Å². The van der Waals surface area contributed by atoms with Gasteiger partial charge >= 0.3 is 0 Å². The fourth-order valence-corrected chi connectivity index (χ4v) is 2.21. The Morgan fingerprint density at radius 1 is 0.667 bits per heavy atom. The minimum absolute atomic E-state index is 1.11. The van der Waals surface area contributed by atoms with Crippen molar-refractivity contribution in [3.63, 3.8) is 0 Å². The summed E-state index contributed by atoms with van der Waals surface area (Å²) in [6, 6.07) is 0. The van der Waals surface area contributed by atoms with Gasteiger partial charge in [-0.1, -0.05) is 76.9 Å². The number of nitrogens with one attached hydrogen (secondary N) is 1. The molecule has 0 saturated heterocycles. The van der Waals surface area contributed by atoms with Crippen molar-refractivity contribution in [2.24, 2.45) is 0 Å². The first-order valence-corrected chi connectivity index (χ1v) is 8.21. The van der Waals surface area contributed by atoms with Crippen LogP contribution < -0.4 is 5.32 Å². The summed E-state index contributed by atoms with van der Waals surface area (Å²) in [5.74, 6) is 0. The Hall–Kier alpha value is -0.300. The molecule has 1 nitrogen and oxygen atoms in total. The second-order valence-corrected chi connectivity index (χ2v) is 5.33. The monoisotopic (exact) mass is 253 g/mol. The summed E-state index contributed by atoms with van der Waals surface area (Å²) >= 11 is 0. The van der Waals surface area contributed by atoms with Crippen molar-refractivity contribution in [3.05, 3.63) is 12.2 Å². The van der Waals surface area contributed by atoms with Crippen LogP contribution in [0.3, 0.4) is 0 Å².